The molecule has 25 heavy (non-hydrogen) atoms. The van der Waals surface area contributed by atoms with Gasteiger partial charge in [-0.25, -0.2) is 13.8 Å². The van der Waals surface area contributed by atoms with Gasteiger partial charge in [-0.1, -0.05) is 0 Å². The smallest absolute Gasteiger partial charge is 0.308 e. The van der Waals surface area contributed by atoms with E-state index in [4.69, 9.17) is 4.74 Å². The Labute approximate surface area is 143 Å². The van der Waals surface area contributed by atoms with E-state index in [2.05, 4.69) is 5.10 Å². The molecule has 5 rings (SSSR count). The van der Waals surface area contributed by atoms with Crippen molar-refractivity contribution in [3.05, 3.63) is 35.4 Å². The number of carbonyl (C=O) groups excluding carboxylic acids is 2. The van der Waals surface area contributed by atoms with Gasteiger partial charge in [0.25, 0.3) is 0 Å². The second-order valence-corrected chi connectivity index (χ2v) is 7.18. The van der Waals surface area contributed by atoms with Gasteiger partial charge in [-0.05, 0) is 42.9 Å². The van der Waals surface area contributed by atoms with E-state index in [-0.39, 0.29) is 23.7 Å². The predicted molar refractivity (Wildman–Crippen MR) is 84.3 cm³/mol. The van der Waals surface area contributed by atoms with Crippen molar-refractivity contribution in [2.75, 3.05) is 7.11 Å². The molecule has 5 nitrogen and oxygen atoms in total. The molecule has 4 aliphatic rings. The summed E-state index contributed by atoms with van der Waals surface area (Å²) in [7, 11) is 1.35. The molecule has 0 aromatic heterocycles. The maximum absolute atomic E-state index is 13.5. The Hall–Kier alpha value is -2.31. The van der Waals surface area contributed by atoms with Crippen LogP contribution in [-0.2, 0) is 14.3 Å². The molecule has 2 bridgehead atoms. The summed E-state index contributed by atoms with van der Waals surface area (Å²) in [6.45, 7) is 0. The highest BCUT2D eigenvalue weighted by molar-refractivity contribution is 5.88. The van der Waals surface area contributed by atoms with Gasteiger partial charge in [-0.3, -0.25) is 9.59 Å². The maximum atomic E-state index is 13.5. The van der Waals surface area contributed by atoms with Gasteiger partial charge in [0.2, 0.25) is 5.91 Å². The Bertz CT molecular complexity index is 753. The fourth-order valence-electron chi connectivity index (χ4n) is 4.57. The molecule has 2 unspecified atom stereocenters. The van der Waals surface area contributed by atoms with Crippen molar-refractivity contribution in [2.45, 2.75) is 31.7 Å². The molecular formula is C18H18F2N2O3. The van der Waals surface area contributed by atoms with Crippen molar-refractivity contribution in [1.82, 2.24) is 5.01 Å². The van der Waals surface area contributed by atoms with Crippen LogP contribution in [0, 0.1) is 28.9 Å². The zero-order valence-electron chi connectivity index (χ0n) is 13.7. The van der Waals surface area contributed by atoms with Crippen LogP contribution in [0.15, 0.2) is 23.3 Å². The first-order chi connectivity index (χ1) is 11.9. The van der Waals surface area contributed by atoms with Crippen LogP contribution in [-0.4, -0.2) is 30.2 Å². The lowest BCUT2D eigenvalue weighted by molar-refractivity contribution is -0.149. The molecule has 1 amide bonds. The number of ether oxygens (including phenoxy) is 1. The van der Waals surface area contributed by atoms with Crippen LogP contribution in [0.4, 0.5) is 8.78 Å². The number of nitrogens with zero attached hydrogens (tertiary/aromatic N) is 2. The third-order valence-corrected chi connectivity index (χ3v) is 5.75. The van der Waals surface area contributed by atoms with Crippen LogP contribution in [0.3, 0.4) is 0 Å². The van der Waals surface area contributed by atoms with E-state index in [0.29, 0.717) is 31.2 Å². The summed E-state index contributed by atoms with van der Waals surface area (Å²) in [5.74, 6) is -1.87. The summed E-state index contributed by atoms with van der Waals surface area (Å²) in [6, 6.07) is 2.76. The standard InChI is InChI=1S/C18H18F2N2O3/c1-25-16(23)14-9-18(7-11(14)8-18)17(24)22-15(2-3-21-22)10-4-12(19)6-13(20)5-10/h3-6,11,14-15H,2,7-9H2,1H3. The lowest BCUT2D eigenvalue weighted by atomic mass is 9.68. The number of hydrogen-bond donors (Lipinski definition) is 0. The Morgan fingerprint density at radius 3 is 2.52 bits per heavy atom. The van der Waals surface area contributed by atoms with Crippen LogP contribution in [0.2, 0.25) is 0 Å². The monoisotopic (exact) mass is 348 g/mol. The molecule has 0 N–H and O–H groups in total. The van der Waals surface area contributed by atoms with Crippen molar-refractivity contribution in [1.29, 1.82) is 0 Å². The number of carbonyl (C=O) groups is 2. The molecule has 1 aromatic rings. The van der Waals surface area contributed by atoms with Gasteiger partial charge < -0.3 is 4.74 Å². The fourth-order valence-corrected chi connectivity index (χ4v) is 4.57. The quantitative estimate of drug-likeness (QED) is 0.789. The van der Waals surface area contributed by atoms with Crippen molar-refractivity contribution in [2.24, 2.45) is 22.4 Å². The molecule has 7 heteroatoms. The minimum Gasteiger partial charge on any atom is -0.469 e. The molecule has 2 atom stereocenters. The zero-order chi connectivity index (χ0) is 17.8. The summed E-state index contributed by atoms with van der Waals surface area (Å²) in [4.78, 5) is 24.9. The second kappa shape index (κ2) is 5.61. The van der Waals surface area contributed by atoms with Gasteiger partial charge in [-0.15, -0.1) is 0 Å². The van der Waals surface area contributed by atoms with Crippen molar-refractivity contribution < 1.29 is 23.1 Å². The van der Waals surface area contributed by atoms with E-state index >= 15 is 0 Å². The van der Waals surface area contributed by atoms with E-state index in [9.17, 15) is 18.4 Å². The van der Waals surface area contributed by atoms with E-state index < -0.39 is 23.1 Å². The van der Waals surface area contributed by atoms with E-state index in [1.807, 2.05) is 0 Å². The first-order valence-electron chi connectivity index (χ1n) is 8.33. The van der Waals surface area contributed by atoms with Crippen molar-refractivity contribution in [3.8, 4) is 0 Å². The second-order valence-electron chi connectivity index (χ2n) is 7.18. The number of hydrazone groups is 1. The summed E-state index contributed by atoms with van der Waals surface area (Å²) < 4.78 is 31.9. The number of benzene rings is 1. The molecule has 3 saturated carbocycles. The van der Waals surface area contributed by atoms with E-state index in [1.165, 1.54) is 24.3 Å². The SMILES string of the molecule is COC(=O)C1CC2(C(=O)N3N=CCC3c3cc(F)cc(F)c3)CC1C2. The van der Waals surface area contributed by atoms with Gasteiger partial charge in [-0.2, -0.15) is 5.10 Å². The molecule has 0 saturated heterocycles. The number of methoxy groups -OCH3 is 1. The number of hydrogen-bond acceptors (Lipinski definition) is 4. The van der Waals surface area contributed by atoms with Crippen LogP contribution in [0.5, 0.6) is 0 Å². The molecule has 0 radical (unpaired) electrons. The summed E-state index contributed by atoms with van der Waals surface area (Å²) in [6.07, 6.45) is 3.74. The average molecular weight is 348 g/mol. The number of fused-ring (bicyclic) bond motifs is 1. The molecule has 0 spiro atoms. The van der Waals surface area contributed by atoms with E-state index in [0.717, 1.165) is 6.07 Å². The van der Waals surface area contributed by atoms with Crippen LogP contribution < -0.4 is 0 Å². The highest BCUT2D eigenvalue weighted by Gasteiger charge is 2.64. The fraction of sp³-hybridized carbons (Fsp3) is 0.500. The lowest BCUT2D eigenvalue weighted by Crippen LogP contribution is -2.45. The summed E-state index contributed by atoms with van der Waals surface area (Å²) >= 11 is 0. The van der Waals surface area contributed by atoms with Crippen LogP contribution in [0.25, 0.3) is 0 Å². The minimum atomic E-state index is -0.678. The zero-order valence-corrected chi connectivity index (χ0v) is 13.7. The molecular weight excluding hydrogens is 330 g/mol. The summed E-state index contributed by atoms with van der Waals surface area (Å²) in [5.41, 5.74) is -0.215. The Morgan fingerprint density at radius 2 is 1.88 bits per heavy atom. The number of amides is 1. The van der Waals surface area contributed by atoms with Gasteiger partial charge in [0.05, 0.1) is 24.5 Å². The molecule has 1 aliphatic heterocycles. The largest absolute Gasteiger partial charge is 0.469 e. The Balaban J connectivity index is 1.56. The van der Waals surface area contributed by atoms with Crippen molar-refractivity contribution in [3.63, 3.8) is 0 Å². The number of rotatable bonds is 3. The molecule has 3 aliphatic carbocycles. The van der Waals surface area contributed by atoms with Gasteiger partial charge in [0, 0.05) is 18.7 Å². The van der Waals surface area contributed by atoms with Gasteiger partial charge >= 0.3 is 5.97 Å². The highest BCUT2D eigenvalue weighted by Crippen LogP contribution is 2.63. The molecule has 1 aromatic carbocycles. The lowest BCUT2D eigenvalue weighted by Gasteiger charge is -2.40. The predicted octanol–water partition coefficient (Wildman–Crippen LogP) is 2.81. The Kier molecular flexibility index (Phi) is 3.63. The van der Waals surface area contributed by atoms with Gasteiger partial charge in [0.15, 0.2) is 0 Å². The number of esters is 1. The first-order valence-corrected chi connectivity index (χ1v) is 8.33. The molecule has 132 valence electrons. The minimum absolute atomic E-state index is 0.168. The third-order valence-electron chi connectivity index (χ3n) is 5.75. The van der Waals surface area contributed by atoms with Crippen molar-refractivity contribution >= 4 is 18.1 Å². The third kappa shape index (κ3) is 2.44. The van der Waals surface area contributed by atoms with Crippen LogP contribution in [0.1, 0.15) is 37.3 Å². The van der Waals surface area contributed by atoms with E-state index in [1.54, 1.807) is 6.21 Å². The average Bonchev–Trinajstić information content (AvgIpc) is 3.24. The highest BCUT2D eigenvalue weighted by atomic mass is 19.1. The van der Waals surface area contributed by atoms with Crippen LogP contribution >= 0.6 is 0 Å². The topological polar surface area (TPSA) is 59.0 Å². The van der Waals surface area contributed by atoms with Gasteiger partial charge in [0.1, 0.15) is 11.6 Å². The normalized spacial score (nSPS) is 32.6. The first kappa shape index (κ1) is 16.2. The number of halogens is 2. The molecule has 3 fully saturated rings. The molecule has 1 heterocycles. The summed E-state index contributed by atoms with van der Waals surface area (Å²) in [5, 5.41) is 5.49. The maximum Gasteiger partial charge on any atom is 0.308 e. The Morgan fingerprint density at radius 1 is 1.20 bits per heavy atom.